The monoisotopic (exact) mass is 291 g/mol. The fourth-order valence-electron chi connectivity index (χ4n) is 2.89. The van der Waals surface area contributed by atoms with Crippen LogP contribution in [0.4, 0.5) is 0 Å². The van der Waals surface area contributed by atoms with Gasteiger partial charge in [-0.15, -0.1) is 0 Å². The molecule has 1 unspecified atom stereocenters. The largest absolute Gasteiger partial charge is 0.481 e. The van der Waals surface area contributed by atoms with Gasteiger partial charge in [-0.2, -0.15) is 0 Å². The number of aliphatic carboxylic acids is 1. The van der Waals surface area contributed by atoms with Crippen LogP contribution in [0.15, 0.2) is 24.5 Å². The van der Waals surface area contributed by atoms with Crippen LogP contribution in [0.1, 0.15) is 24.8 Å². The fraction of sp³-hybridized carbons (Fsp3) is 0.625. The van der Waals surface area contributed by atoms with Crippen molar-refractivity contribution in [1.29, 1.82) is 0 Å². The Balaban J connectivity index is 1.76. The van der Waals surface area contributed by atoms with Gasteiger partial charge in [0.05, 0.1) is 6.42 Å². The van der Waals surface area contributed by atoms with Gasteiger partial charge in [0.15, 0.2) is 0 Å². The Hall–Kier alpha value is -1.46. The van der Waals surface area contributed by atoms with E-state index in [1.807, 2.05) is 12.4 Å². The Kier molecular flexibility index (Phi) is 6.14. The predicted octanol–water partition coefficient (Wildman–Crippen LogP) is 1.50. The Morgan fingerprint density at radius 3 is 2.95 bits per heavy atom. The van der Waals surface area contributed by atoms with E-state index in [1.165, 1.54) is 12.0 Å². The van der Waals surface area contributed by atoms with E-state index >= 15 is 0 Å². The van der Waals surface area contributed by atoms with Gasteiger partial charge in [-0.05, 0) is 50.6 Å². The second kappa shape index (κ2) is 8.10. The molecule has 5 heteroatoms. The molecular weight excluding hydrogens is 266 g/mol. The molecule has 0 aliphatic carbocycles. The highest BCUT2D eigenvalue weighted by Gasteiger charge is 2.23. The smallest absolute Gasteiger partial charge is 0.304 e. The van der Waals surface area contributed by atoms with Crippen molar-refractivity contribution >= 4 is 5.97 Å². The average Bonchev–Trinajstić information content (AvgIpc) is 2.52. The van der Waals surface area contributed by atoms with Crippen molar-refractivity contribution in [3.05, 3.63) is 30.1 Å². The van der Waals surface area contributed by atoms with Gasteiger partial charge in [0.2, 0.25) is 0 Å². The highest BCUT2D eigenvalue weighted by atomic mass is 16.4. The summed E-state index contributed by atoms with van der Waals surface area (Å²) >= 11 is 0. The minimum atomic E-state index is -0.705. The maximum absolute atomic E-state index is 10.7. The van der Waals surface area contributed by atoms with E-state index in [0.29, 0.717) is 12.6 Å². The Bertz CT molecular complexity index is 438. The highest BCUT2D eigenvalue weighted by Crippen LogP contribution is 2.15. The summed E-state index contributed by atoms with van der Waals surface area (Å²) in [5.41, 5.74) is 1.32. The van der Waals surface area contributed by atoms with Crippen LogP contribution >= 0.6 is 0 Å². The molecule has 0 aromatic carbocycles. The molecule has 1 aliphatic heterocycles. The topological polar surface area (TPSA) is 56.7 Å². The van der Waals surface area contributed by atoms with Gasteiger partial charge in [-0.1, -0.05) is 0 Å². The van der Waals surface area contributed by atoms with E-state index in [-0.39, 0.29) is 6.42 Å². The van der Waals surface area contributed by atoms with Gasteiger partial charge in [-0.25, -0.2) is 0 Å². The first-order valence-electron chi connectivity index (χ1n) is 7.68. The molecule has 0 saturated carbocycles. The van der Waals surface area contributed by atoms with Crippen molar-refractivity contribution in [3.63, 3.8) is 0 Å². The van der Waals surface area contributed by atoms with Gasteiger partial charge >= 0.3 is 5.97 Å². The molecule has 21 heavy (non-hydrogen) atoms. The van der Waals surface area contributed by atoms with E-state index in [9.17, 15) is 4.79 Å². The number of pyridine rings is 1. The van der Waals surface area contributed by atoms with E-state index in [0.717, 1.165) is 32.5 Å². The molecule has 0 radical (unpaired) electrons. The number of nitrogens with zero attached hydrogens (tertiary/aromatic N) is 3. The molecule has 0 amide bonds. The summed E-state index contributed by atoms with van der Waals surface area (Å²) in [5, 5.41) is 8.79. The average molecular weight is 291 g/mol. The summed E-state index contributed by atoms with van der Waals surface area (Å²) in [6.07, 6.45) is 7.31. The Morgan fingerprint density at radius 2 is 2.24 bits per heavy atom. The van der Waals surface area contributed by atoms with Crippen LogP contribution in [0, 0.1) is 0 Å². The quantitative estimate of drug-likeness (QED) is 0.825. The van der Waals surface area contributed by atoms with E-state index in [1.54, 1.807) is 0 Å². The number of carbonyl (C=O) groups is 1. The SMILES string of the molecule is CN(CCc1ccncc1)C1CCCN(CCC(=O)O)C1. The van der Waals surface area contributed by atoms with Gasteiger partial charge in [0.1, 0.15) is 0 Å². The molecule has 1 atom stereocenters. The number of carboxylic acid groups (broad SMARTS) is 1. The lowest BCUT2D eigenvalue weighted by Gasteiger charge is -2.37. The molecule has 2 rings (SSSR count). The third-order valence-electron chi connectivity index (χ3n) is 4.25. The van der Waals surface area contributed by atoms with Gasteiger partial charge in [0, 0.05) is 38.1 Å². The Morgan fingerprint density at radius 1 is 1.48 bits per heavy atom. The molecule has 1 fully saturated rings. The molecule has 2 heterocycles. The van der Waals surface area contributed by atoms with Crippen LogP contribution in [-0.2, 0) is 11.2 Å². The van der Waals surface area contributed by atoms with Crippen LogP contribution in [-0.4, -0.2) is 65.1 Å². The number of aromatic nitrogens is 1. The van der Waals surface area contributed by atoms with Crippen LogP contribution in [0.3, 0.4) is 0 Å². The van der Waals surface area contributed by atoms with E-state index < -0.39 is 5.97 Å². The summed E-state index contributed by atoms with van der Waals surface area (Å²) in [5.74, 6) is -0.705. The number of carboxylic acids is 1. The number of hydrogen-bond acceptors (Lipinski definition) is 4. The summed E-state index contributed by atoms with van der Waals surface area (Å²) in [7, 11) is 2.17. The first-order chi connectivity index (χ1) is 10.1. The summed E-state index contributed by atoms with van der Waals surface area (Å²) in [4.78, 5) is 19.4. The molecule has 0 spiro atoms. The zero-order valence-electron chi connectivity index (χ0n) is 12.7. The molecule has 0 bridgehead atoms. The zero-order valence-corrected chi connectivity index (χ0v) is 12.7. The van der Waals surface area contributed by atoms with Crippen molar-refractivity contribution in [1.82, 2.24) is 14.8 Å². The lowest BCUT2D eigenvalue weighted by atomic mass is 10.0. The predicted molar refractivity (Wildman–Crippen MR) is 82.3 cm³/mol. The molecule has 1 aromatic heterocycles. The molecule has 1 saturated heterocycles. The van der Waals surface area contributed by atoms with Crippen molar-refractivity contribution in [2.75, 3.05) is 33.2 Å². The first-order valence-corrected chi connectivity index (χ1v) is 7.68. The van der Waals surface area contributed by atoms with Gasteiger partial charge in [-0.3, -0.25) is 9.78 Å². The van der Waals surface area contributed by atoms with Gasteiger partial charge in [0.25, 0.3) is 0 Å². The Labute approximate surface area is 126 Å². The molecule has 116 valence electrons. The normalized spacial score (nSPS) is 19.8. The number of hydrogen-bond donors (Lipinski definition) is 1. The van der Waals surface area contributed by atoms with Crippen LogP contribution in [0.5, 0.6) is 0 Å². The first kappa shape index (κ1) is 15.9. The maximum atomic E-state index is 10.7. The van der Waals surface area contributed by atoms with Crippen molar-refractivity contribution < 1.29 is 9.90 Å². The molecule has 5 nitrogen and oxygen atoms in total. The van der Waals surface area contributed by atoms with E-state index in [4.69, 9.17) is 5.11 Å². The number of rotatable bonds is 7. The molecule has 1 aromatic rings. The summed E-state index contributed by atoms with van der Waals surface area (Å²) in [6, 6.07) is 4.66. The third-order valence-corrected chi connectivity index (χ3v) is 4.25. The number of piperidine rings is 1. The van der Waals surface area contributed by atoms with Crippen LogP contribution in [0.2, 0.25) is 0 Å². The lowest BCUT2D eigenvalue weighted by Crippen LogP contribution is -2.47. The standard InChI is InChI=1S/C16H25N3O2/c1-18(11-6-14-4-8-17-9-5-14)15-3-2-10-19(13-15)12-7-16(20)21/h4-5,8-9,15H,2-3,6-7,10-13H2,1H3,(H,20,21). The number of likely N-dealkylation sites (N-methyl/N-ethyl adjacent to an activating group) is 1. The van der Waals surface area contributed by atoms with E-state index in [2.05, 4.69) is 34.0 Å². The minimum Gasteiger partial charge on any atom is -0.481 e. The fourth-order valence-corrected chi connectivity index (χ4v) is 2.89. The maximum Gasteiger partial charge on any atom is 0.304 e. The second-order valence-electron chi connectivity index (χ2n) is 5.83. The second-order valence-corrected chi connectivity index (χ2v) is 5.83. The van der Waals surface area contributed by atoms with Crippen molar-refractivity contribution in [2.24, 2.45) is 0 Å². The summed E-state index contributed by atoms with van der Waals surface area (Å²) in [6.45, 7) is 3.72. The molecule has 1 N–H and O–H groups in total. The van der Waals surface area contributed by atoms with Gasteiger partial charge < -0.3 is 14.9 Å². The lowest BCUT2D eigenvalue weighted by molar-refractivity contribution is -0.137. The molecular formula is C16H25N3O2. The van der Waals surface area contributed by atoms with Crippen molar-refractivity contribution in [3.8, 4) is 0 Å². The summed E-state index contributed by atoms with van der Waals surface area (Å²) < 4.78 is 0. The molecule has 1 aliphatic rings. The number of likely N-dealkylation sites (tertiary alicyclic amines) is 1. The highest BCUT2D eigenvalue weighted by molar-refractivity contribution is 5.66. The van der Waals surface area contributed by atoms with Crippen LogP contribution < -0.4 is 0 Å². The minimum absolute atomic E-state index is 0.244. The third kappa shape index (κ3) is 5.44. The zero-order chi connectivity index (χ0) is 15.1. The van der Waals surface area contributed by atoms with Crippen molar-refractivity contribution in [2.45, 2.75) is 31.7 Å². The van der Waals surface area contributed by atoms with Crippen LogP contribution in [0.25, 0.3) is 0 Å².